The maximum atomic E-state index is 12.8. The number of para-hydroxylation sites is 1. The summed E-state index contributed by atoms with van der Waals surface area (Å²) < 4.78 is 97.5. The quantitative estimate of drug-likeness (QED) is 0.0444. The van der Waals surface area contributed by atoms with Gasteiger partial charge in [-0.2, -0.15) is 23.5 Å². The zero-order valence-electron chi connectivity index (χ0n) is 55.6. The number of hydrogen-bond donors (Lipinski definition) is 2. The first-order valence-corrected chi connectivity index (χ1v) is 37.4. The van der Waals surface area contributed by atoms with Gasteiger partial charge in [0.15, 0.2) is 33.0 Å². The van der Waals surface area contributed by atoms with Crippen molar-refractivity contribution >= 4 is 106 Å². The number of carbonyl (C=O) groups is 3. The minimum atomic E-state index is -4.32. The summed E-state index contributed by atoms with van der Waals surface area (Å²) in [7, 11) is -2.18. The van der Waals surface area contributed by atoms with Gasteiger partial charge < -0.3 is 19.5 Å². The number of fused-ring (bicyclic) bond motifs is 4. The van der Waals surface area contributed by atoms with Gasteiger partial charge in [0.1, 0.15) is 11.7 Å². The number of thiazole rings is 1. The van der Waals surface area contributed by atoms with E-state index >= 15 is 0 Å². The van der Waals surface area contributed by atoms with E-state index in [1.807, 2.05) is 138 Å². The highest BCUT2D eigenvalue weighted by molar-refractivity contribution is 8.00. The Bertz CT molecular complexity index is 5540. The minimum Gasteiger partial charge on any atom is -0.464 e. The highest BCUT2D eigenvalue weighted by Gasteiger charge is 2.39. The summed E-state index contributed by atoms with van der Waals surface area (Å²) in [6.45, 7) is -0.0373. The third kappa shape index (κ3) is 18.0. The lowest BCUT2D eigenvalue weighted by molar-refractivity contribution is -0.126. The average Bonchev–Trinajstić information content (AvgIpc) is 1.76. The SMILES string of the molecule is COC(=O)c1cc2nc(-c3ccccc3)cc(-c3ccccc3)n2n1.CSc1nc2ccc(S(=O)(=O)NCc3ccccc3)cc2s1.FC(F)(F)C1=CC(c2ccc3c(c2)OCO3)=NC1.N#CC1C(=O)NC(c2cccs2)CC1c1cccs1.O=C(Cn1cnc2ccccc2c1=O)c1ccc(F)cc1. The van der Waals surface area contributed by atoms with E-state index in [4.69, 9.17) is 14.2 Å². The Morgan fingerprint density at radius 2 is 1.45 bits per heavy atom. The predicted octanol–water partition coefficient (Wildman–Crippen LogP) is 15.8. The number of piperidine rings is 1. The number of alkyl halides is 3. The topological polar surface area (TPSA) is 251 Å². The summed E-state index contributed by atoms with van der Waals surface area (Å²) in [5.74, 6) is -0.747. The number of methoxy groups -OCH3 is 1. The van der Waals surface area contributed by atoms with Crippen LogP contribution in [0.25, 0.3) is 49.3 Å². The molecule has 0 aliphatic carbocycles. The van der Waals surface area contributed by atoms with Crippen LogP contribution in [0.5, 0.6) is 11.5 Å². The van der Waals surface area contributed by atoms with Crippen LogP contribution < -0.4 is 25.1 Å². The van der Waals surface area contributed by atoms with Gasteiger partial charge in [0.25, 0.3) is 5.56 Å². The van der Waals surface area contributed by atoms with Crippen LogP contribution in [0, 0.1) is 23.1 Å². The van der Waals surface area contributed by atoms with Gasteiger partial charge in [-0.15, -0.1) is 34.0 Å². The van der Waals surface area contributed by atoms with Crippen molar-refractivity contribution in [1.29, 1.82) is 5.26 Å². The lowest BCUT2D eigenvalue weighted by Gasteiger charge is -2.32. The van der Waals surface area contributed by atoms with Gasteiger partial charge in [0.2, 0.25) is 22.7 Å². The number of thiophene rings is 2. The maximum Gasteiger partial charge on any atom is 0.414 e. The van der Waals surface area contributed by atoms with Crippen molar-refractivity contribution in [1.82, 2.24) is 39.2 Å². The highest BCUT2D eigenvalue weighted by atomic mass is 32.2. The zero-order chi connectivity index (χ0) is 73.6. The van der Waals surface area contributed by atoms with E-state index in [0.29, 0.717) is 44.9 Å². The third-order valence-corrected chi connectivity index (χ3v) is 21.9. The number of thioether (sulfide) groups is 1. The van der Waals surface area contributed by atoms with Gasteiger partial charge in [-0.3, -0.25) is 23.9 Å². The van der Waals surface area contributed by atoms with Crippen LogP contribution >= 0.6 is 45.8 Å². The first-order chi connectivity index (χ1) is 50.8. The van der Waals surface area contributed by atoms with Gasteiger partial charge in [0.05, 0.1) is 87.3 Å². The fourth-order valence-electron chi connectivity index (χ4n) is 11.2. The molecule has 105 heavy (non-hydrogen) atoms. The number of esters is 1. The number of ketones is 1. The molecule has 28 heteroatoms. The Morgan fingerprint density at radius 1 is 0.762 bits per heavy atom. The van der Waals surface area contributed by atoms with Gasteiger partial charge in [-0.25, -0.2) is 41.8 Å². The zero-order valence-corrected chi connectivity index (χ0v) is 59.7. The summed E-state index contributed by atoms with van der Waals surface area (Å²) in [4.78, 5) is 68.0. The summed E-state index contributed by atoms with van der Waals surface area (Å²) in [5, 5.41) is 21.1. The number of nitriles is 1. The number of allylic oxidation sites excluding steroid dienone is 1. The number of nitrogens with one attached hydrogen (secondary N) is 2. The summed E-state index contributed by atoms with van der Waals surface area (Å²) >= 11 is 6.33. The van der Waals surface area contributed by atoms with E-state index in [-0.39, 0.29) is 66.2 Å². The van der Waals surface area contributed by atoms with E-state index in [9.17, 15) is 50.4 Å². The molecule has 19 nitrogen and oxygen atoms in total. The van der Waals surface area contributed by atoms with E-state index in [2.05, 4.69) is 41.2 Å². The van der Waals surface area contributed by atoms with Crippen LogP contribution in [0.15, 0.2) is 260 Å². The van der Waals surface area contributed by atoms with Crippen molar-refractivity contribution in [2.75, 3.05) is 26.7 Å². The number of aliphatic imine (C=N–C) groups is 1. The van der Waals surface area contributed by atoms with Gasteiger partial charge >= 0.3 is 12.1 Å². The molecule has 6 aromatic heterocycles. The monoisotopic (exact) mass is 1500 g/mol. The lowest BCUT2D eigenvalue weighted by Crippen LogP contribution is -2.42. The standard InChI is InChI=1S/C20H15N3O2.C16H11FN2O2.C15H14N2O2S3.C14H12N2OS2.C12H8F3NO2/c1-25-20(24)17-13-19-21-16(14-8-4-2-5-9-14)12-18(23(19)22-17)15-10-6-3-7-11-15;17-12-7-5-11(6-8-12)15(20)9-19-10-18-14-4-2-1-3-13(14)16(19)21;1-20-15-17-13-8-7-12(9-14(13)21-15)22(18,19)16-10-11-5-3-2-4-6-11;15-8-10-9(12-3-1-5-18-12)7-11(16-14(10)17)13-4-2-6-19-13;13-12(14,15)8-4-9(16-5-8)7-1-2-10-11(3-7)18-6-17-10/h2-13H,1H3;1-8,10H,9H2;2-9,16H,10H2,1H3;1-6,9-11H,7H2,(H,16,17);1-4H,5-6H2. The van der Waals surface area contributed by atoms with E-state index in [0.717, 1.165) is 64.9 Å². The second-order valence-corrected chi connectivity index (χ2v) is 29.1. The summed E-state index contributed by atoms with van der Waals surface area (Å²) in [5.41, 5.74) is 7.23. The fraction of sp³-hybridized carbons (Fsp3) is 0.143. The van der Waals surface area contributed by atoms with Crippen LogP contribution in [0.1, 0.15) is 60.1 Å². The van der Waals surface area contributed by atoms with Crippen molar-refractivity contribution in [3.05, 3.63) is 289 Å². The molecule has 0 saturated carbocycles. The highest BCUT2D eigenvalue weighted by Crippen LogP contribution is 2.41. The Morgan fingerprint density at radius 3 is 2.12 bits per heavy atom. The molecule has 0 radical (unpaired) electrons. The third-order valence-electron chi connectivity index (χ3n) is 16.5. The molecule has 7 aromatic carbocycles. The molecule has 530 valence electrons. The Hall–Kier alpha value is -11.3. The van der Waals surface area contributed by atoms with Crippen molar-refractivity contribution in [3.63, 3.8) is 0 Å². The number of carbonyl (C=O) groups excluding carboxylic acids is 3. The molecular formula is C77H60F4N10O9S5. The molecule has 0 bridgehead atoms. The minimum absolute atomic E-state index is 0.00542. The van der Waals surface area contributed by atoms with Crippen molar-refractivity contribution < 1.29 is 54.6 Å². The molecule has 1 amide bonds. The van der Waals surface area contributed by atoms with Crippen molar-refractivity contribution in [2.45, 2.75) is 46.9 Å². The van der Waals surface area contributed by atoms with E-state index < -0.39 is 39.5 Å². The number of amides is 1. The smallest absolute Gasteiger partial charge is 0.414 e. The largest absolute Gasteiger partial charge is 0.464 e. The molecule has 1 fully saturated rings. The maximum absolute atomic E-state index is 12.8. The van der Waals surface area contributed by atoms with Gasteiger partial charge in [-0.05, 0) is 126 Å². The summed E-state index contributed by atoms with van der Waals surface area (Å²) in [6.07, 6.45) is 0.854. The molecule has 3 unspecified atom stereocenters. The van der Waals surface area contributed by atoms with Crippen LogP contribution in [0.4, 0.5) is 17.6 Å². The number of rotatable bonds is 14. The number of nitrogens with zero attached hydrogens (tertiary/aromatic N) is 8. The fourth-order valence-corrected chi connectivity index (χ4v) is 15.5. The van der Waals surface area contributed by atoms with Crippen LogP contribution in [0.2, 0.25) is 0 Å². The number of benzene rings is 7. The molecule has 9 heterocycles. The summed E-state index contributed by atoms with van der Waals surface area (Å²) in [6, 6.07) is 65.3. The first-order valence-electron chi connectivity index (χ1n) is 32.1. The molecule has 13 aromatic rings. The molecule has 2 N–H and O–H groups in total. The molecule has 1 saturated heterocycles. The Labute approximate surface area is 614 Å². The Balaban J connectivity index is 0.000000124. The second-order valence-electron chi connectivity index (χ2n) is 23.3. The number of halogens is 4. The first kappa shape index (κ1) is 73.4. The molecule has 3 atom stereocenters. The van der Waals surface area contributed by atoms with E-state index in [1.54, 1.807) is 106 Å². The number of aromatic nitrogens is 6. The Kier molecular flexibility index (Phi) is 23.4. The molecular weight excluding hydrogens is 1450 g/mol. The number of Topliss-reactive ketones (excluding diaryl/α,β-unsaturated/α-hetero) is 1. The van der Waals surface area contributed by atoms with Crippen LogP contribution in [-0.4, -0.2) is 93.8 Å². The average molecular weight is 1510 g/mol. The van der Waals surface area contributed by atoms with Gasteiger partial charge in [0, 0.05) is 50.5 Å². The molecule has 16 rings (SSSR count). The number of ether oxygens (including phenoxy) is 3. The molecule has 3 aliphatic heterocycles. The predicted molar refractivity (Wildman–Crippen MR) is 398 cm³/mol. The second kappa shape index (κ2) is 33.4. The van der Waals surface area contributed by atoms with Crippen molar-refractivity contribution in [3.8, 4) is 40.1 Å². The number of hydrogen-bond acceptors (Lipinski definition) is 19. The van der Waals surface area contributed by atoms with Crippen molar-refractivity contribution in [2.24, 2.45) is 10.9 Å². The molecule has 3 aliphatic rings. The van der Waals surface area contributed by atoms with Gasteiger partial charge in [-0.1, -0.05) is 127 Å². The van der Waals surface area contributed by atoms with Crippen LogP contribution in [-0.2, 0) is 32.6 Å². The van der Waals surface area contributed by atoms with E-state index in [1.165, 1.54) is 53.6 Å². The molecule has 0 spiro atoms. The normalized spacial score (nSPS) is 15.1. The van der Waals surface area contributed by atoms with Crippen LogP contribution in [0.3, 0.4) is 0 Å². The number of sulfonamides is 1. The lowest BCUT2D eigenvalue weighted by atomic mass is 9.82.